The molecule has 0 fully saturated rings. The molecule has 0 radical (unpaired) electrons. The Bertz CT molecular complexity index is 810. The maximum atomic E-state index is 13.3. The second-order valence-electron chi connectivity index (χ2n) is 6.78. The smallest absolute Gasteiger partial charge is 0.223 e. The number of hydrogen-bond acceptors (Lipinski definition) is 4. The van der Waals surface area contributed by atoms with E-state index >= 15 is 0 Å². The highest BCUT2D eigenvalue weighted by atomic mass is 19.2. The minimum Gasteiger partial charge on any atom is -0.352 e. The van der Waals surface area contributed by atoms with E-state index in [4.69, 9.17) is 0 Å². The van der Waals surface area contributed by atoms with E-state index in [1.807, 2.05) is 20.0 Å². The van der Waals surface area contributed by atoms with E-state index in [0.717, 1.165) is 23.4 Å². The van der Waals surface area contributed by atoms with E-state index in [2.05, 4.69) is 15.3 Å². The SMILES string of the molecule is CC(C)Nc1ncc2c(n1)CN(C(=O)CCc1ccc(F)c(F)c1)CC2. The van der Waals surface area contributed by atoms with Crippen molar-refractivity contribution >= 4 is 11.9 Å². The topological polar surface area (TPSA) is 58.1 Å². The van der Waals surface area contributed by atoms with Crippen molar-refractivity contribution in [1.29, 1.82) is 0 Å². The van der Waals surface area contributed by atoms with E-state index in [1.54, 1.807) is 4.90 Å². The van der Waals surface area contributed by atoms with Crippen LogP contribution in [-0.2, 0) is 24.2 Å². The Hall–Kier alpha value is -2.57. The fraction of sp³-hybridized carbons (Fsp3) is 0.421. The standard InChI is InChI=1S/C19H22F2N4O/c1-12(2)23-19-22-10-14-7-8-25(11-17(14)24-19)18(26)6-4-13-3-5-15(20)16(21)9-13/h3,5,9-10,12H,4,6-8,11H2,1-2H3,(H,22,23,24). The van der Waals surface area contributed by atoms with Crippen LogP contribution in [0, 0.1) is 11.6 Å². The molecule has 1 N–H and O–H groups in total. The number of anilines is 1. The molecule has 0 bridgehead atoms. The number of halogens is 2. The van der Waals surface area contributed by atoms with Gasteiger partial charge in [0.1, 0.15) is 0 Å². The molecule has 1 aromatic carbocycles. The van der Waals surface area contributed by atoms with Gasteiger partial charge in [0.2, 0.25) is 11.9 Å². The molecule has 5 nitrogen and oxygen atoms in total. The van der Waals surface area contributed by atoms with Crippen LogP contribution in [0.1, 0.15) is 37.1 Å². The van der Waals surface area contributed by atoms with Crippen molar-refractivity contribution in [3.63, 3.8) is 0 Å². The molecule has 0 saturated carbocycles. The molecule has 26 heavy (non-hydrogen) atoms. The molecule has 0 aliphatic carbocycles. The summed E-state index contributed by atoms with van der Waals surface area (Å²) < 4.78 is 26.2. The summed E-state index contributed by atoms with van der Waals surface area (Å²) in [6.45, 7) is 5.08. The zero-order valence-corrected chi connectivity index (χ0v) is 14.9. The molecule has 1 amide bonds. The van der Waals surface area contributed by atoms with Crippen LogP contribution in [0.4, 0.5) is 14.7 Å². The number of aryl methyl sites for hydroxylation is 1. The Labute approximate surface area is 151 Å². The number of nitrogens with zero attached hydrogens (tertiary/aromatic N) is 3. The lowest BCUT2D eigenvalue weighted by molar-refractivity contribution is -0.132. The zero-order valence-electron chi connectivity index (χ0n) is 14.9. The van der Waals surface area contributed by atoms with Crippen LogP contribution in [0.5, 0.6) is 0 Å². The van der Waals surface area contributed by atoms with Crippen LogP contribution >= 0.6 is 0 Å². The summed E-state index contributed by atoms with van der Waals surface area (Å²) in [6.07, 6.45) is 3.16. The second kappa shape index (κ2) is 7.76. The van der Waals surface area contributed by atoms with Crippen molar-refractivity contribution in [3.8, 4) is 0 Å². The summed E-state index contributed by atoms with van der Waals surface area (Å²) >= 11 is 0. The summed E-state index contributed by atoms with van der Waals surface area (Å²) in [5, 5.41) is 3.16. The Balaban J connectivity index is 1.62. The normalized spacial score (nSPS) is 13.7. The molecule has 1 aliphatic rings. The number of hydrogen-bond donors (Lipinski definition) is 1. The number of benzene rings is 1. The molecular formula is C19H22F2N4O. The molecule has 0 spiro atoms. The lowest BCUT2D eigenvalue weighted by Gasteiger charge is -2.28. The molecule has 0 unspecified atom stereocenters. The highest BCUT2D eigenvalue weighted by Gasteiger charge is 2.22. The van der Waals surface area contributed by atoms with Gasteiger partial charge >= 0.3 is 0 Å². The highest BCUT2D eigenvalue weighted by Crippen LogP contribution is 2.19. The van der Waals surface area contributed by atoms with Gasteiger partial charge in [0, 0.05) is 25.2 Å². The predicted molar refractivity (Wildman–Crippen MR) is 94.6 cm³/mol. The molecule has 3 rings (SSSR count). The van der Waals surface area contributed by atoms with Gasteiger partial charge < -0.3 is 10.2 Å². The number of aromatic nitrogens is 2. The lowest BCUT2D eigenvalue weighted by Crippen LogP contribution is -2.36. The summed E-state index contributed by atoms with van der Waals surface area (Å²) in [5.41, 5.74) is 2.53. The quantitative estimate of drug-likeness (QED) is 0.890. The number of nitrogens with one attached hydrogen (secondary N) is 1. The molecule has 2 aromatic rings. The van der Waals surface area contributed by atoms with Crippen LogP contribution in [0.2, 0.25) is 0 Å². The van der Waals surface area contributed by atoms with Gasteiger partial charge in [0.25, 0.3) is 0 Å². The monoisotopic (exact) mass is 360 g/mol. The second-order valence-corrected chi connectivity index (χ2v) is 6.78. The maximum Gasteiger partial charge on any atom is 0.223 e. The first kappa shape index (κ1) is 18.2. The molecular weight excluding hydrogens is 338 g/mol. The fourth-order valence-corrected chi connectivity index (χ4v) is 2.95. The minimum atomic E-state index is -0.885. The third kappa shape index (κ3) is 4.33. The first-order valence-corrected chi connectivity index (χ1v) is 8.75. The van der Waals surface area contributed by atoms with Crippen LogP contribution < -0.4 is 5.32 Å². The number of rotatable bonds is 5. The third-order valence-corrected chi connectivity index (χ3v) is 4.33. The predicted octanol–water partition coefficient (Wildman–Crippen LogP) is 3.09. The van der Waals surface area contributed by atoms with Gasteiger partial charge in [0.15, 0.2) is 11.6 Å². The van der Waals surface area contributed by atoms with E-state index in [0.29, 0.717) is 37.4 Å². The maximum absolute atomic E-state index is 13.3. The average Bonchev–Trinajstić information content (AvgIpc) is 2.61. The van der Waals surface area contributed by atoms with Crippen molar-refractivity contribution in [1.82, 2.24) is 14.9 Å². The number of amides is 1. The van der Waals surface area contributed by atoms with Gasteiger partial charge in [0.05, 0.1) is 12.2 Å². The molecule has 0 saturated heterocycles. The molecule has 138 valence electrons. The molecule has 2 heterocycles. The van der Waals surface area contributed by atoms with Crippen LogP contribution in [0.3, 0.4) is 0 Å². The van der Waals surface area contributed by atoms with Gasteiger partial charge in [-0.15, -0.1) is 0 Å². The molecule has 7 heteroatoms. The Kier molecular flexibility index (Phi) is 5.44. The van der Waals surface area contributed by atoms with E-state index in [-0.39, 0.29) is 18.4 Å². The molecule has 1 aliphatic heterocycles. The number of carbonyl (C=O) groups excluding carboxylic acids is 1. The molecule has 0 atom stereocenters. The van der Waals surface area contributed by atoms with E-state index < -0.39 is 11.6 Å². The first-order valence-electron chi connectivity index (χ1n) is 8.75. The van der Waals surface area contributed by atoms with Crippen molar-refractivity contribution in [2.45, 2.75) is 45.7 Å². The van der Waals surface area contributed by atoms with Crippen molar-refractivity contribution in [3.05, 3.63) is 52.9 Å². The summed E-state index contributed by atoms with van der Waals surface area (Å²) in [5.74, 6) is -1.21. The van der Waals surface area contributed by atoms with Crippen LogP contribution in [0.25, 0.3) is 0 Å². The zero-order chi connectivity index (χ0) is 18.7. The van der Waals surface area contributed by atoms with Gasteiger partial charge in [-0.05, 0) is 49.9 Å². The third-order valence-electron chi connectivity index (χ3n) is 4.33. The summed E-state index contributed by atoms with van der Waals surface area (Å²) in [4.78, 5) is 23.1. The Morgan fingerprint density at radius 2 is 2.12 bits per heavy atom. The minimum absolute atomic E-state index is 0.0163. The first-order chi connectivity index (χ1) is 12.4. The van der Waals surface area contributed by atoms with Crippen molar-refractivity contribution in [2.75, 3.05) is 11.9 Å². The highest BCUT2D eigenvalue weighted by molar-refractivity contribution is 5.76. The van der Waals surface area contributed by atoms with E-state index in [1.165, 1.54) is 6.07 Å². The average molecular weight is 360 g/mol. The van der Waals surface area contributed by atoms with Crippen LogP contribution in [-0.4, -0.2) is 33.4 Å². The largest absolute Gasteiger partial charge is 0.352 e. The Morgan fingerprint density at radius 3 is 2.85 bits per heavy atom. The van der Waals surface area contributed by atoms with Gasteiger partial charge in [-0.25, -0.2) is 18.7 Å². The van der Waals surface area contributed by atoms with Crippen LogP contribution in [0.15, 0.2) is 24.4 Å². The summed E-state index contributed by atoms with van der Waals surface area (Å²) in [7, 11) is 0. The van der Waals surface area contributed by atoms with Gasteiger partial charge in [-0.2, -0.15) is 0 Å². The summed E-state index contributed by atoms with van der Waals surface area (Å²) in [6, 6.07) is 3.97. The Morgan fingerprint density at radius 1 is 1.31 bits per heavy atom. The fourth-order valence-electron chi connectivity index (χ4n) is 2.95. The van der Waals surface area contributed by atoms with Gasteiger partial charge in [-0.1, -0.05) is 6.07 Å². The lowest BCUT2D eigenvalue weighted by atomic mass is 10.0. The number of fused-ring (bicyclic) bond motifs is 1. The van der Waals surface area contributed by atoms with Gasteiger partial charge in [-0.3, -0.25) is 4.79 Å². The molecule has 1 aromatic heterocycles. The number of carbonyl (C=O) groups is 1. The van der Waals surface area contributed by atoms with Crippen molar-refractivity contribution < 1.29 is 13.6 Å². The van der Waals surface area contributed by atoms with Crippen molar-refractivity contribution in [2.24, 2.45) is 0 Å². The van der Waals surface area contributed by atoms with E-state index in [9.17, 15) is 13.6 Å².